The Kier molecular flexibility index (Phi) is 19.3. The van der Waals surface area contributed by atoms with Gasteiger partial charge >= 0.3 is 24.8 Å². The van der Waals surface area contributed by atoms with Crippen LogP contribution in [-0.2, 0) is 16.7 Å². The van der Waals surface area contributed by atoms with Crippen LogP contribution in [0.2, 0.25) is 0 Å². The number of aryl methyl sites for hydroxylation is 3. The molecule has 52 heavy (non-hydrogen) atoms. The van der Waals surface area contributed by atoms with E-state index in [1.165, 1.54) is 28.9 Å². The van der Waals surface area contributed by atoms with Gasteiger partial charge in [-0.3, -0.25) is 0 Å². The predicted molar refractivity (Wildman–Crippen MR) is 217 cm³/mol. The molecule has 0 saturated carbocycles. The van der Waals surface area contributed by atoms with E-state index in [-0.39, 0.29) is 44.3 Å². The summed E-state index contributed by atoms with van der Waals surface area (Å²) in [5.41, 5.74) is 5.29. The fraction of sp³-hybridized carbons (Fsp3) is 0.243. The minimum Gasteiger partial charge on any atom is -1.00 e. The maximum Gasteiger partial charge on any atom is 1.00 e. The molecule has 6 aromatic rings. The fourth-order valence-corrected chi connectivity index (χ4v) is 8.09. The first-order chi connectivity index (χ1) is 24.1. The number of ether oxygens (including phenoxy) is 4. The number of methoxy groups -OCH3 is 4. The molecule has 270 valence electrons. The first-order valence-corrected chi connectivity index (χ1v) is 18.8. The number of aliphatic hydroxyl groups is 1. The van der Waals surface area contributed by atoms with E-state index in [4.69, 9.17) is 18.9 Å². The van der Waals surface area contributed by atoms with Crippen LogP contribution in [0.4, 0.5) is 0 Å². The molecular weight excluding hydrogens is 792 g/mol. The number of hydrogen-bond donors (Lipinski definition) is 1. The Morgan fingerprint density at radius 3 is 1.46 bits per heavy atom. The second-order valence-electron chi connectivity index (χ2n) is 10.4. The van der Waals surface area contributed by atoms with E-state index in [2.05, 4.69) is 36.9 Å². The molecule has 9 nitrogen and oxygen atoms in total. The monoisotopic (exact) mass is 833 g/mol. The normalized spacial score (nSPS) is 9.94. The van der Waals surface area contributed by atoms with Gasteiger partial charge in [0.25, 0.3) is 0 Å². The van der Waals surface area contributed by atoms with Gasteiger partial charge in [0.15, 0.2) is 23.1 Å². The summed E-state index contributed by atoms with van der Waals surface area (Å²) in [6.07, 6.45) is 0. The van der Waals surface area contributed by atoms with Crippen LogP contribution in [0.5, 0.6) is 17.2 Å². The van der Waals surface area contributed by atoms with Gasteiger partial charge in [-0.25, -0.2) is 19.7 Å². The Morgan fingerprint density at radius 2 is 1.06 bits per heavy atom. The molecule has 6 rings (SSSR count). The van der Waals surface area contributed by atoms with Gasteiger partial charge in [0.2, 0.25) is 0 Å². The Balaban J connectivity index is 0.000000387. The van der Waals surface area contributed by atoms with Crippen LogP contribution in [-0.4, -0.2) is 71.8 Å². The first kappa shape index (κ1) is 45.1. The maximum atomic E-state index is 11.7. The van der Waals surface area contributed by atoms with E-state index < -0.39 is 5.97 Å². The molecule has 15 heteroatoms. The summed E-state index contributed by atoms with van der Waals surface area (Å²) in [6, 6.07) is 23.4. The van der Waals surface area contributed by atoms with Crippen LogP contribution in [0.3, 0.4) is 0 Å². The van der Waals surface area contributed by atoms with Crippen LogP contribution in [0.1, 0.15) is 38.3 Å². The third-order valence-electron chi connectivity index (χ3n) is 6.99. The SMILES string of the molecule is COC(=O)c1nc(C)sc1-c1cccc(OC)c1.COc1cccc(-c2sc(C)nc2CBr)c1.COc1cccc(-c2sc(C)nc2CO)c1.[AlH3].[H-].[Li+]. The molecule has 0 spiro atoms. The van der Waals surface area contributed by atoms with Gasteiger partial charge in [-0.1, -0.05) is 52.3 Å². The number of carbonyl (C=O) groups excluding carboxylic acids is 1. The number of esters is 1. The molecular formula is C37H42AlBrLiN3O6S3. The van der Waals surface area contributed by atoms with E-state index >= 15 is 0 Å². The molecule has 0 aliphatic heterocycles. The van der Waals surface area contributed by atoms with E-state index in [0.29, 0.717) is 5.69 Å². The van der Waals surface area contributed by atoms with E-state index in [1.54, 1.807) is 44.0 Å². The summed E-state index contributed by atoms with van der Waals surface area (Å²) >= 11 is 8.23. The summed E-state index contributed by atoms with van der Waals surface area (Å²) in [5, 5.41) is 12.9. The van der Waals surface area contributed by atoms with Crippen molar-refractivity contribution in [1.29, 1.82) is 0 Å². The average molecular weight is 835 g/mol. The molecule has 3 aromatic heterocycles. The van der Waals surface area contributed by atoms with Gasteiger partial charge in [0, 0.05) is 5.33 Å². The Hall–Kier alpha value is -3.01. The third kappa shape index (κ3) is 12.0. The second-order valence-corrected chi connectivity index (χ2v) is 14.6. The zero-order chi connectivity index (χ0) is 36.2. The van der Waals surface area contributed by atoms with Crippen molar-refractivity contribution in [2.45, 2.75) is 32.7 Å². The third-order valence-corrected chi connectivity index (χ3v) is 10.7. The largest absolute Gasteiger partial charge is 1.00 e. The molecule has 1 N–H and O–H groups in total. The van der Waals surface area contributed by atoms with Crippen LogP contribution in [0.15, 0.2) is 72.8 Å². The summed E-state index contributed by atoms with van der Waals surface area (Å²) in [5.74, 6) is 2.02. The van der Waals surface area contributed by atoms with Gasteiger partial charge < -0.3 is 25.5 Å². The van der Waals surface area contributed by atoms with Gasteiger partial charge in [-0.05, 0) is 73.9 Å². The Morgan fingerprint density at radius 1 is 0.673 bits per heavy atom. The standard InChI is InChI=1S/C13H13NO3S.C12H12BrNOS.C12H13NO2S.Al.Li.4H/c1-8-14-11(13(15)17-3)12(18-8)9-5-4-6-10(7-9)16-2;1-8-14-11(7-13)12(16-8)9-4-3-5-10(6-9)15-2;1-8-13-11(7-14)12(16-8)9-4-3-5-10(6-9)15-2;;;;;;/h4-7H,1-3H3;3-6H,7H2,1-2H3;3-6,14H,7H2,1-2H3;;;;;;/q;;;;+1;;;;-1. The smallest absolute Gasteiger partial charge is 1.00 e. The average Bonchev–Trinajstić information content (AvgIpc) is 3.87. The summed E-state index contributed by atoms with van der Waals surface area (Å²) in [4.78, 5) is 27.7. The zero-order valence-electron chi connectivity index (χ0n) is 30.8. The van der Waals surface area contributed by atoms with Crippen LogP contribution in [0, 0.1) is 20.8 Å². The van der Waals surface area contributed by atoms with Gasteiger partial charge in [-0.2, -0.15) is 0 Å². The molecule has 0 bridgehead atoms. The van der Waals surface area contributed by atoms with E-state index in [0.717, 1.165) is 69.9 Å². The van der Waals surface area contributed by atoms with Crippen molar-refractivity contribution >= 4 is 73.3 Å². The number of nitrogens with zero attached hydrogens (tertiary/aromatic N) is 3. The van der Waals surface area contributed by atoms with Crippen LogP contribution < -0.4 is 33.1 Å². The molecule has 0 atom stereocenters. The number of aromatic nitrogens is 3. The Labute approximate surface area is 349 Å². The van der Waals surface area contributed by atoms with Crippen LogP contribution in [0.25, 0.3) is 31.3 Å². The van der Waals surface area contributed by atoms with Crippen molar-refractivity contribution in [1.82, 2.24) is 15.0 Å². The molecule has 0 unspecified atom stereocenters. The number of alkyl halides is 1. The number of aliphatic hydroxyl groups excluding tert-OH is 1. The van der Waals surface area contributed by atoms with Crippen molar-refractivity contribution < 1.29 is 49.1 Å². The summed E-state index contributed by atoms with van der Waals surface area (Å²) in [6.45, 7) is 5.80. The topological polar surface area (TPSA) is 113 Å². The number of thiazole rings is 3. The predicted octanol–water partition coefficient (Wildman–Crippen LogP) is 5.49. The van der Waals surface area contributed by atoms with Gasteiger partial charge in [-0.15, -0.1) is 34.0 Å². The molecule has 3 heterocycles. The molecule has 0 fully saturated rings. The minimum atomic E-state index is -0.419. The molecule has 3 aromatic carbocycles. The van der Waals surface area contributed by atoms with Crippen LogP contribution >= 0.6 is 49.9 Å². The van der Waals surface area contributed by atoms with Gasteiger partial charge in [0.1, 0.15) is 17.2 Å². The quantitative estimate of drug-likeness (QED) is 0.115. The van der Waals surface area contributed by atoms with Crippen molar-refractivity contribution in [3.8, 4) is 48.6 Å². The van der Waals surface area contributed by atoms with Crippen molar-refractivity contribution in [3.05, 3.63) is 105 Å². The number of benzene rings is 3. The molecule has 0 radical (unpaired) electrons. The summed E-state index contributed by atoms with van der Waals surface area (Å²) in [7, 11) is 6.29. The molecule has 0 aliphatic rings. The summed E-state index contributed by atoms with van der Waals surface area (Å²) < 4.78 is 20.3. The first-order valence-electron chi connectivity index (χ1n) is 15.2. The molecule has 0 amide bonds. The van der Waals surface area contributed by atoms with Crippen molar-refractivity contribution in [2.75, 3.05) is 28.4 Å². The molecule has 0 aliphatic carbocycles. The van der Waals surface area contributed by atoms with Crippen molar-refractivity contribution in [3.63, 3.8) is 0 Å². The second kappa shape index (κ2) is 22.3. The number of carbonyl (C=O) groups is 1. The van der Waals surface area contributed by atoms with Gasteiger partial charge in [0.05, 0.1) is 76.1 Å². The maximum absolute atomic E-state index is 11.7. The van der Waals surface area contributed by atoms with E-state index in [1.807, 2.05) is 87.5 Å². The number of halogens is 1. The van der Waals surface area contributed by atoms with E-state index in [9.17, 15) is 9.90 Å². The minimum absolute atomic E-state index is 0. The fourth-order valence-electron chi connectivity index (χ4n) is 4.74. The number of rotatable bonds is 9. The Bertz CT molecular complexity index is 1950. The van der Waals surface area contributed by atoms with Crippen molar-refractivity contribution in [2.24, 2.45) is 0 Å². The zero-order valence-corrected chi connectivity index (χ0v) is 33.8. The number of hydrogen-bond acceptors (Lipinski definition) is 12. The molecule has 0 saturated heterocycles.